The molecule has 0 aromatic carbocycles. The van der Waals surface area contributed by atoms with E-state index in [2.05, 4.69) is 25.8 Å². The van der Waals surface area contributed by atoms with Crippen molar-refractivity contribution >= 4 is 37.6 Å². The summed E-state index contributed by atoms with van der Waals surface area (Å²) in [6.45, 7) is -0.386. The van der Waals surface area contributed by atoms with Gasteiger partial charge in [0.1, 0.15) is 0 Å². The maximum absolute atomic E-state index is 9.22. The van der Waals surface area contributed by atoms with Gasteiger partial charge in [-0.1, -0.05) is 0 Å². The minimum atomic E-state index is -1.28. The molecule has 0 bridgehead atoms. The van der Waals surface area contributed by atoms with Crippen molar-refractivity contribution < 1.29 is 25.2 Å². The molecule has 5 atom stereocenters. The average Bonchev–Trinajstić information content (AvgIpc) is 2.21. The number of rotatable bonds is 1. The van der Waals surface area contributed by atoms with Crippen molar-refractivity contribution in [3.63, 3.8) is 0 Å². The number of hydrogen-bond donors (Lipinski definition) is 4. The summed E-state index contributed by atoms with van der Waals surface area (Å²) in [4.78, 5) is 4.55. The predicted molar refractivity (Wildman–Crippen MR) is 57.0 cm³/mol. The zero-order valence-corrected chi connectivity index (χ0v) is 12.9. The molecule has 1 saturated heterocycles. The minimum absolute atomic E-state index is 0.350. The second-order valence-corrected chi connectivity index (χ2v) is 6.67. The molecule has 0 spiro atoms. The van der Waals surface area contributed by atoms with E-state index in [4.69, 9.17) is 9.84 Å². The van der Waals surface area contributed by atoms with Crippen LogP contribution in [-0.2, 0) is 4.74 Å². The maximum atomic E-state index is 9.22. The van der Waals surface area contributed by atoms with Gasteiger partial charge in [-0.3, -0.25) is 0 Å². The Labute approximate surface area is 108 Å². The molecule has 1 rings (SSSR count). The fourth-order valence-electron chi connectivity index (χ4n) is 1.07. The molecular weight excluding hydrogens is 377 g/mol. The van der Waals surface area contributed by atoms with Crippen molar-refractivity contribution in [1.29, 1.82) is 0 Å². The van der Waals surface area contributed by atoms with Gasteiger partial charge in [-0.25, -0.2) is 0 Å². The Kier molecular flexibility index (Phi) is 8.89. The van der Waals surface area contributed by atoms with E-state index in [1.807, 2.05) is 0 Å². The monoisotopic (exact) mass is 394 g/mol. The van der Waals surface area contributed by atoms with Crippen LogP contribution in [0.2, 0.25) is 9.74 Å². The van der Waals surface area contributed by atoms with Gasteiger partial charge in [0, 0.05) is 0 Å². The van der Waals surface area contributed by atoms with Gasteiger partial charge in [0.15, 0.2) is 0 Å². The third-order valence-corrected chi connectivity index (χ3v) is 2.67. The first-order valence-corrected chi connectivity index (χ1v) is 10.5. The van der Waals surface area contributed by atoms with Gasteiger partial charge in [0.05, 0.1) is 0 Å². The van der Waals surface area contributed by atoms with Crippen molar-refractivity contribution in [3.8, 4) is 0 Å². The molecule has 90 valence electrons. The first-order chi connectivity index (χ1) is 6.99. The van der Waals surface area contributed by atoms with Crippen molar-refractivity contribution in [2.75, 3.05) is 6.61 Å². The molecule has 1 aliphatic heterocycles. The van der Waals surface area contributed by atoms with Crippen LogP contribution in [0.5, 0.6) is 0 Å². The molecule has 15 heavy (non-hydrogen) atoms. The Hall–Kier alpha value is 1.14. The summed E-state index contributed by atoms with van der Waals surface area (Å²) in [5, 5.41) is 35.6. The molecule has 0 aromatic heterocycles. The van der Waals surface area contributed by atoms with E-state index in [9.17, 15) is 15.3 Å². The Balaban J connectivity index is 0.000000583. The predicted octanol–water partition coefficient (Wildman–Crippen LogP) is -2.26. The summed E-state index contributed by atoms with van der Waals surface area (Å²) in [6.07, 6.45) is -4.51. The third kappa shape index (κ3) is 4.88. The molecule has 1 fully saturated rings. The molecule has 5 unspecified atom stereocenters. The first-order valence-electron chi connectivity index (χ1n) is 4.43. The quantitative estimate of drug-likeness (QED) is 0.378. The van der Waals surface area contributed by atoms with Crippen LogP contribution in [0, 0.1) is 0 Å². The van der Waals surface area contributed by atoms with E-state index >= 15 is 0 Å². The van der Waals surface area contributed by atoms with Crippen molar-refractivity contribution in [1.82, 2.24) is 0 Å². The van der Waals surface area contributed by atoms with E-state index < -0.39 is 29.4 Å². The molecule has 2 radical (unpaired) electrons. The number of aliphatic hydroxyl groups is 4. The second-order valence-electron chi connectivity index (χ2n) is 3.14. The number of ether oxygens (including phenoxy) is 1. The summed E-state index contributed by atoms with van der Waals surface area (Å²) >= 11 is 2.84. The van der Waals surface area contributed by atoms with E-state index in [0.29, 0.717) is 21.6 Å². The van der Waals surface area contributed by atoms with Crippen LogP contribution >= 0.6 is 0 Å². The van der Waals surface area contributed by atoms with E-state index in [1.54, 1.807) is 0 Å². The molecule has 1 heterocycles. The molecule has 0 aliphatic carbocycles. The number of hydrogen-bond acceptors (Lipinski definition) is 5. The van der Waals surface area contributed by atoms with Crippen LogP contribution in [0.25, 0.3) is 0 Å². The fraction of sp³-hybridized carbons (Fsp3) is 1.00. The summed E-state index contributed by atoms with van der Waals surface area (Å²) in [5.74, 6) is 0. The zero-order chi connectivity index (χ0) is 12.0. The van der Waals surface area contributed by atoms with Crippen molar-refractivity contribution in [2.24, 2.45) is 0 Å². The van der Waals surface area contributed by atoms with Gasteiger partial charge >= 0.3 is 109 Å². The topological polar surface area (TPSA) is 90.2 Å². The fourth-order valence-corrected chi connectivity index (χ4v) is 1.70. The van der Waals surface area contributed by atoms with Crippen LogP contribution in [0.15, 0.2) is 0 Å². The zero-order valence-electron chi connectivity index (χ0n) is 8.65. The molecule has 0 amide bonds. The summed E-state index contributed by atoms with van der Waals surface area (Å²) in [7, 11) is 0. The van der Waals surface area contributed by atoms with Gasteiger partial charge in [-0.2, -0.15) is 0 Å². The Bertz CT molecular complexity index is 168. The van der Waals surface area contributed by atoms with Gasteiger partial charge in [-0.15, -0.1) is 0 Å². The van der Waals surface area contributed by atoms with Crippen molar-refractivity contribution in [2.45, 2.75) is 39.2 Å². The van der Waals surface area contributed by atoms with Crippen LogP contribution < -0.4 is 0 Å². The van der Waals surface area contributed by atoms with Crippen LogP contribution in [0.1, 0.15) is 0 Å². The van der Waals surface area contributed by atoms with Crippen LogP contribution in [0.4, 0.5) is 0 Å². The number of aliphatic hydroxyl groups excluding tert-OH is 4. The molecule has 0 aromatic rings. The van der Waals surface area contributed by atoms with Gasteiger partial charge in [0.25, 0.3) is 0 Å². The van der Waals surface area contributed by atoms with Crippen LogP contribution in [0.3, 0.4) is 0 Å². The van der Waals surface area contributed by atoms with Gasteiger partial charge in [-0.05, 0) is 0 Å². The van der Waals surface area contributed by atoms with E-state index in [1.165, 1.54) is 0 Å². The molecular formula is C8H17O5SbSe. The summed E-state index contributed by atoms with van der Waals surface area (Å²) in [5.41, 5.74) is 0. The van der Waals surface area contributed by atoms with Crippen LogP contribution in [-0.4, -0.2) is 94.1 Å². The van der Waals surface area contributed by atoms with E-state index in [-0.39, 0.29) is 6.61 Å². The third-order valence-electron chi connectivity index (χ3n) is 1.85. The second kappa shape index (κ2) is 8.26. The molecule has 1 aliphatic rings. The Morgan fingerprint density at radius 1 is 1.13 bits per heavy atom. The molecule has 7 heteroatoms. The van der Waals surface area contributed by atoms with Gasteiger partial charge in [0.2, 0.25) is 0 Å². The average molecular weight is 394 g/mol. The van der Waals surface area contributed by atoms with Gasteiger partial charge < -0.3 is 0 Å². The SMILES string of the molecule is OCC1OC([Se])C(O)C(O)C1O.[CH3][Sb][CH3]. The summed E-state index contributed by atoms with van der Waals surface area (Å²) < 4.78 is 4.96. The van der Waals surface area contributed by atoms with Crippen molar-refractivity contribution in [3.05, 3.63) is 0 Å². The Morgan fingerprint density at radius 3 is 2.00 bits per heavy atom. The summed E-state index contributed by atoms with van der Waals surface area (Å²) in [6, 6.07) is 0. The van der Waals surface area contributed by atoms with E-state index in [0.717, 1.165) is 0 Å². The standard InChI is InChI=1S/C6H11O5Se.2CH3.Sb/c7-1-2-3(8)4(9)5(10)6(12)11-2;;;/h2-10H,1H2;2*1H3;. The molecule has 4 N–H and O–H groups in total. The molecule has 0 saturated carbocycles. The molecule has 5 nitrogen and oxygen atoms in total. The normalized spacial score (nSPS) is 40.6. The Morgan fingerprint density at radius 2 is 1.60 bits per heavy atom. The first kappa shape index (κ1) is 16.1.